The molecule has 0 spiro atoms. The zero-order valence-electron chi connectivity index (χ0n) is 14.3. The second kappa shape index (κ2) is 7.09. The molecule has 0 unspecified atom stereocenters. The first-order chi connectivity index (χ1) is 11.0. The van der Waals surface area contributed by atoms with Crippen LogP contribution >= 0.6 is 0 Å². The largest absolute Gasteiger partial charge is 0.379 e. The van der Waals surface area contributed by atoms with Crippen LogP contribution in [0.2, 0.25) is 0 Å². The van der Waals surface area contributed by atoms with Crippen LogP contribution in [-0.4, -0.2) is 60.2 Å². The van der Waals surface area contributed by atoms with Crippen LogP contribution in [0.1, 0.15) is 11.1 Å². The molecule has 0 aliphatic carbocycles. The molecular weight excluding hydrogens is 352 g/mol. The molecule has 2 atom stereocenters. The molecule has 0 bridgehead atoms. The van der Waals surface area contributed by atoms with Gasteiger partial charge in [-0.3, -0.25) is 0 Å². The summed E-state index contributed by atoms with van der Waals surface area (Å²) in [5.74, 6) is -0.571. The highest BCUT2D eigenvalue weighted by atomic mass is 32.2. The van der Waals surface area contributed by atoms with Gasteiger partial charge in [0.2, 0.25) is 20.0 Å². The third kappa shape index (κ3) is 4.54. The van der Waals surface area contributed by atoms with Crippen molar-refractivity contribution in [2.75, 3.05) is 33.1 Å². The molecule has 1 aromatic rings. The van der Waals surface area contributed by atoms with Crippen LogP contribution in [0.25, 0.3) is 0 Å². The zero-order valence-corrected chi connectivity index (χ0v) is 15.9. The monoisotopic (exact) mass is 376 g/mol. The third-order valence-electron chi connectivity index (χ3n) is 3.99. The fourth-order valence-corrected chi connectivity index (χ4v) is 5.31. The number of rotatable bonds is 6. The van der Waals surface area contributed by atoms with Gasteiger partial charge in [0.15, 0.2) is 0 Å². The molecule has 136 valence electrons. The average molecular weight is 377 g/mol. The number of hydrogen-bond donors (Lipinski definition) is 1. The molecule has 1 heterocycles. The summed E-state index contributed by atoms with van der Waals surface area (Å²) in [6.07, 6.45) is 0. The lowest BCUT2D eigenvalue weighted by molar-refractivity contribution is 0.185. The van der Waals surface area contributed by atoms with E-state index >= 15 is 0 Å². The number of ether oxygens (including phenoxy) is 1. The lowest BCUT2D eigenvalue weighted by atomic mass is 10.1. The minimum atomic E-state index is -3.74. The van der Waals surface area contributed by atoms with Gasteiger partial charge >= 0.3 is 0 Å². The van der Waals surface area contributed by atoms with E-state index < -0.39 is 32.0 Å². The summed E-state index contributed by atoms with van der Waals surface area (Å²) in [7, 11) is -4.25. The Morgan fingerprint density at radius 3 is 2.21 bits per heavy atom. The summed E-state index contributed by atoms with van der Waals surface area (Å²) in [6.45, 7) is 4.04. The Hall–Kier alpha value is -1.00. The van der Waals surface area contributed by atoms with E-state index in [-0.39, 0.29) is 23.9 Å². The molecular formula is C15H24N2O5S2. The Bertz CT molecular complexity index is 783. The SMILES string of the molecule is Cc1cc(C)cc(S(=O)(=O)N[C@@H]2COC[C@H]2CS(=O)(=O)N(C)C)c1. The summed E-state index contributed by atoms with van der Waals surface area (Å²) in [6, 6.07) is 4.52. The first kappa shape index (κ1) is 19.3. The van der Waals surface area contributed by atoms with Crippen LogP contribution in [0.3, 0.4) is 0 Å². The summed E-state index contributed by atoms with van der Waals surface area (Å²) < 4.78 is 58.4. The first-order valence-corrected chi connectivity index (χ1v) is 10.7. The number of nitrogens with one attached hydrogen (secondary N) is 1. The number of benzene rings is 1. The van der Waals surface area contributed by atoms with E-state index in [1.807, 2.05) is 19.9 Å². The standard InChI is InChI=1S/C15H24N2O5S2/c1-11-5-12(2)7-14(6-11)24(20,21)16-15-9-22-8-13(15)10-23(18,19)17(3)4/h5-7,13,15-16H,8-10H2,1-4H3/t13-,15+/m0/s1. The highest BCUT2D eigenvalue weighted by molar-refractivity contribution is 7.89. The summed E-state index contributed by atoms with van der Waals surface area (Å²) in [4.78, 5) is 0.182. The summed E-state index contributed by atoms with van der Waals surface area (Å²) in [5.41, 5.74) is 1.70. The van der Waals surface area contributed by atoms with Gasteiger partial charge in [-0.05, 0) is 37.1 Å². The normalized spacial score (nSPS) is 22.2. The van der Waals surface area contributed by atoms with E-state index in [4.69, 9.17) is 4.74 Å². The number of sulfonamides is 2. The second-order valence-corrected chi connectivity index (χ2v) is 10.4. The van der Waals surface area contributed by atoms with E-state index in [9.17, 15) is 16.8 Å². The Morgan fingerprint density at radius 2 is 1.67 bits per heavy atom. The molecule has 1 aliphatic heterocycles. The smallest absolute Gasteiger partial charge is 0.240 e. The number of aryl methyl sites for hydroxylation is 2. The van der Waals surface area contributed by atoms with Crippen molar-refractivity contribution in [2.24, 2.45) is 5.92 Å². The number of nitrogens with zero attached hydrogens (tertiary/aromatic N) is 1. The van der Waals surface area contributed by atoms with Crippen molar-refractivity contribution < 1.29 is 21.6 Å². The van der Waals surface area contributed by atoms with Gasteiger partial charge in [-0.1, -0.05) is 6.07 Å². The maximum atomic E-state index is 12.6. The van der Waals surface area contributed by atoms with Crippen LogP contribution in [0, 0.1) is 19.8 Å². The van der Waals surface area contributed by atoms with E-state index in [1.54, 1.807) is 12.1 Å². The Balaban J connectivity index is 2.19. The lowest BCUT2D eigenvalue weighted by Crippen LogP contribution is -2.43. The third-order valence-corrected chi connectivity index (χ3v) is 7.42. The predicted molar refractivity (Wildman–Crippen MR) is 91.8 cm³/mol. The molecule has 1 aromatic carbocycles. The minimum Gasteiger partial charge on any atom is -0.379 e. The minimum absolute atomic E-state index is 0.153. The molecule has 9 heteroatoms. The molecule has 0 radical (unpaired) electrons. The lowest BCUT2D eigenvalue weighted by Gasteiger charge is -2.21. The van der Waals surface area contributed by atoms with Crippen LogP contribution in [0.4, 0.5) is 0 Å². The molecule has 0 saturated carbocycles. The van der Waals surface area contributed by atoms with Gasteiger partial charge < -0.3 is 4.74 Å². The van der Waals surface area contributed by atoms with E-state index in [0.717, 1.165) is 15.4 Å². The molecule has 1 saturated heterocycles. The Kier molecular flexibility index (Phi) is 5.71. The van der Waals surface area contributed by atoms with Gasteiger partial charge in [-0.2, -0.15) is 0 Å². The van der Waals surface area contributed by atoms with Crippen molar-refractivity contribution in [2.45, 2.75) is 24.8 Å². The second-order valence-electron chi connectivity index (χ2n) is 6.41. The maximum absolute atomic E-state index is 12.6. The van der Waals surface area contributed by atoms with Crippen molar-refractivity contribution in [3.8, 4) is 0 Å². The molecule has 1 N–H and O–H groups in total. The molecule has 24 heavy (non-hydrogen) atoms. The molecule has 0 amide bonds. The molecule has 7 nitrogen and oxygen atoms in total. The summed E-state index contributed by atoms with van der Waals surface area (Å²) >= 11 is 0. The van der Waals surface area contributed by atoms with Crippen molar-refractivity contribution in [1.29, 1.82) is 0 Å². The fourth-order valence-electron chi connectivity index (χ4n) is 2.67. The molecule has 1 fully saturated rings. The quantitative estimate of drug-likeness (QED) is 0.780. The van der Waals surface area contributed by atoms with Crippen molar-refractivity contribution in [1.82, 2.24) is 9.03 Å². The Labute approximate surface area is 144 Å². The van der Waals surface area contributed by atoms with Gasteiger partial charge in [-0.25, -0.2) is 25.9 Å². The van der Waals surface area contributed by atoms with E-state index in [2.05, 4.69) is 4.72 Å². The maximum Gasteiger partial charge on any atom is 0.240 e. The van der Waals surface area contributed by atoms with Gasteiger partial charge in [0, 0.05) is 20.0 Å². The van der Waals surface area contributed by atoms with Gasteiger partial charge in [-0.15, -0.1) is 0 Å². The highest BCUT2D eigenvalue weighted by Crippen LogP contribution is 2.21. The van der Waals surface area contributed by atoms with E-state index in [1.165, 1.54) is 14.1 Å². The van der Waals surface area contributed by atoms with Crippen LogP contribution in [0.15, 0.2) is 23.1 Å². The number of hydrogen-bond acceptors (Lipinski definition) is 5. The van der Waals surface area contributed by atoms with E-state index in [0.29, 0.717) is 0 Å². The topological polar surface area (TPSA) is 92.8 Å². The van der Waals surface area contributed by atoms with Crippen molar-refractivity contribution >= 4 is 20.0 Å². The van der Waals surface area contributed by atoms with Crippen molar-refractivity contribution in [3.05, 3.63) is 29.3 Å². The van der Waals surface area contributed by atoms with Gasteiger partial charge in [0.25, 0.3) is 0 Å². The molecule has 2 rings (SSSR count). The zero-order chi connectivity index (χ0) is 18.1. The van der Waals surface area contributed by atoms with Gasteiger partial charge in [0.05, 0.1) is 29.9 Å². The van der Waals surface area contributed by atoms with Crippen LogP contribution in [-0.2, 0) is 24.8 Å². The summed E-state index contributed by atoms with van der Waals surface area (Å²) in [5, 5.41) is 0. The molecule has 1 aliphatic rings. The van der Waals surface area contributed by atoms with Gasteiger partial charge in [0.1, 0.15) is 0 Å². The predicted octanol–water partition coefficient (Wildman–Crippen LogP) is 0.488. The van der Waals surface area contributed by atoms with Crippen molar-refractivity contribution in [3.63, 3.8) is 0 Å². The molecule has 0 aromatic heterocycles. The fraction of sp³-hybridized carbons (Fsp3) is 0.600. The average Bonchev–Trinajstić information content (AvgIpc) is 2.83. The van der Waals surface area contributed by atoms with Crippen LogP contribution in [0.5, 0.6) is 0 Å². The highest BCUT2D eigenvalue weighted by Gasteiger charge is 2.36. The first-order valence-electron chi connectivity index (χ1n) is 7.60. The van der Waals surface area contributed by atoms with Crippen LogP contribution < -0.4 is 4.72 Å². The Morgan fingerprint density at radius 1 is 1.08 bits per heavy atom.